The van der Waals surface area contributed by atoms with E-state index in [0.717, 1.165) is 0 Å². The average molecular weight is 247 g/mol. The van der Waals surface area contributed by atoms with Crippen molar-refractivity contribution in [3.8, 4) is 0 Å². The molecule has 0 saturated heterocycles. The minimum Gasteiger partial charge on any atom is -0.444 e. The zero-order valence-electron chi connectivity index (χ0n) is 10.4. The van der Waals surface area contributed by atoms with E-state index in [2.05, 4.69) is 5.32 Å². The monoisotopic (exact) mass is 247 g/mol. The molecule has 5 N–H and O–H groups in total. The van der Waals surface area contributed by atoms with E-state index in [1.165, 1.54) is 5.48 Å². The van der Waals surface area contributed by atoms with Crippen LogP contribution in [0.3, 0.4) is 0 Å². The standard InChI is InChI=1S/C10H21N3O4/c1-10(2,3)17-9(15)12-7(5-4-6-11)8(14)13-16/h7,16H,4-6,11H2,1-3H3,(H,12,15)(H,13,14)/t7-/m0/s1. The van der Waals surface area contributed by atoms with Gasteiger partial charge in [-0.3, -0.25) is 10.0 Å². The van der Waals surface area contributed by atoms with Gasteiger partial charge in [-0.2, -0.15) is 0 Å². The van der Waals surface area contributed by atoms with Gasteiger partial charge in [0.15, 0.2) is 0 Å². The number of hydrogen-bond donors (Lipinski definition) is 4. The molecule has 0 saturated carbocycles. The van der Waals surface area contributed by atoms with Crippen LogP contribution in [0.1, 0.15) is 33.6 Å². The first kappa shape index (κ1) is 15.7. The molecule has 0 aliphatic heterocycles. The maximum atomic E-state index is 11.4. The summed E-state index contributed by atoms with van der Waals surface area (Å²) in [5.74, 6) is -0.690. The first-order valence-electron chi connectivity index (χ1n) is 5.43. The van der Waals surface area contributed by atoms with Crippen LogP contribution in [0.15, 0.2) is 0 Å². The van der Waals surface area contributed by atoms with Gasteiger partial charge in [-0.1, -0.05) is 0 Å². The number of nitrogens with one attached hydrogen (secondary N) is 2. The van der Waals surface area contributed by atoms with Crippen molar-refractivity contribution in [2.45, 2.75) is 45.3 Å². The van der Waals surface area contributed by atoms with Crippen LogP contribution in [-0.4, -0.2) is 35.4 Å². The molecule has 0 aromatic heterocycles. The molecule has 0 aliphatic carbocycles. The van der Waals surface area contributed by atoms with E-state index in [0.29, 0.717) is 19.4 Å². The third-order valence-electron chi connectivity index (χ3n) is 1.81. The lowest BCUT2D eigenvalue weighted by molar-refractivity contribution is -0.131. The van der Waals surface area contributed by atoms with E-state index in [1.54, 1.807) is 20.8 Å². The normalized spacial score (nSPS) is 12.8. The van der Waals surface area contributed by atoms with Gasteiger partial charge in [-0.15, -0.1) is 0 Å². The topological polar surface area (TPSA) is 114 Å². The van der Waals surface area contributed by atoms with E-state index in [1.807, 2.05) is 0 Å². The Balaban J connectivity index is 4.32. The highest BCUT2D eigenvalue weighted by atomic mass is 16.6. The summed E-state index contributed by atoms with van der Waals surface area (Å²) in [7, 11) is 0. The molecular formula is C10H21N3O4. The predicted molar refractivity (Wildman–Crippen MR) is 61.4 cm³/mol. The molecule has 7 nitrogen and oxygen atoms in total. The fourth-order valence-electron chi connectivity index (χ4n) is 1.12. The van der Waals surface area contributed by atoms with Crippen LogP contribution in [0.4, 0.5) is 4.79 Å². The largest absolute Gasteiger partial charge is 0.444 e. The Bertz CT molecular complexity index is 263. The first-order chi connectivity index (χ1) is 7.80. The lowest BCUT2D eigenvalue weighted by Crippen LogP contribution is -2.47. The maximum absolute atomic E-state index is 11.4. The summed E-state index contributed by atoms with van der Waals surface area (Å²) in [6, 6.07) is -0.849. The number of carbonyl (C=O) groups is 2. The Labute approximate surface area is 101 Å². The predicted octanol–water partition coefficient (Wildman–Crippen LogP) is 0.124. The third-order valence-corrected chi connectivity index (χ3v) is 1.81. The van der Waals surface area contributed by atoms with Crippen molar-refractivity contribution < 1.29 is 19.5 Å². The van der Waals surface area contributed by atoms with Gasteiger partial charge >= 0.3 is 6.09 Å². The highest BCUT2D eigenvalue weighted by Gasteiger charge is 2.23. The molecule has 0 fully saturated rings. The number of carbonyl (C=O) groups excluding carboxylic acids is 2. The summed E-state index contributed by atoms with van der Waals surface area (Å²) in [5, 5.41) is 10.9. The summed E-state index contributed by atoms with van der Waals surface area (Å²) in [5.41, 5.74) is 6.16. The summed E-state index contributed by atoms with van der Waals surface area (Å²) < 4.78 is 5.00. The van der Waals surface area contributed by atoms with Crippen LogP contribution in [0.25, 0.3) is 0 Å². The zero-order chi connectivity index (χ0) is 13.5. The lowest BCUT2D eigenvalue weighted by Gasteiger charge is -2.22. The molecule has 0 aromatic carbocycles. The maximum Gasteiger partial charge on any atom is 0.408 e. The van der Waals surface area contributed by atoms with Crippen molar-refractivity contribution in [1.82, 2.24) is 10.8 Å². The van der Waals surface area contributed by atoms with Gasteiger partial charge in [0.1, 0.15) is 11.6 Å². The van der Waals surface area contributed by atoms with Gasteiger partial charge in [0, 0.05) is 0 Å². The fourth-order valence-corrected chi connectivity index (χ4v) is 1.12. The molecule has 0 aliphatic rings. The van der Waals surface area contributed by atoms with E-state index in [9.17, 15) is 9.59 Å². The minimum absolute atomic E-state index is 0.335. The highest BCUT2D eigenvalue weighted by Crippen LogP contribution is 2.07. The second-order valence-electron chi connectivity index (χ2n) is 4.61. The molecule has 1 atom stereocenters. The molecule has 17 heavy (non-hydrogen) atoms. The molecule has 0 radical (unpaired) electrons. The van der Waals surface area contributed by atoms with Crippen molar-refractivity contribution in [1.29, 1.82) is 0 Å². The Kier molecular flexibility index (Phi) is 6.52. The van der Waals surface area contributed by atoms with Crippen LogP contribution in [0, 0.1) is 0 Å². The molecule has 0 bridgehead atoms. The summed E-state index contributed by atoms with van der Waals surface area (Å²) >= 11 is 0. The number of alkyl carbamates (subject to hydrolysis) is 1. The van der Waals surface area contributed by atoms with E-state index in [-0.39, 0.29) is 0 Å². The zero-order valence-corrected chi connectivity index (χ0v) is 10.4. The summed E-state index contributed by atoms with van der Waals surface area (Å²) in [6.45, 7) is 5.54. The number of rotatable bonds is 5. The second-order valence-corrected chi connectivity index (χ2v) is 4.61. The van der Waals surface area contributed by atoms with Crippen molar-refractivity contribution in [3.05, 3.63) is 0 Å². The molecule has 0 unspecified atom stereocenters. The number of hydroxylamine groups is 1. The number of amides is 2. The number of ether oxygens (including phenoxy) is 1. The van der Waals surface area contributed by atoms with Crippen LogP contribution < -0.4 is 16.5 Å². The second kappa shape index (κ2) is 7.08. The molecule has 2 amide bonds. The molecule has 0 aromatic rings. The summed E-state index contributed by atoms with van der Waals surface area (Å²) in [4.78, 5) is 22.7. The minimum atomic E-state index is -0.849. The average Bonchev–Trinajstić information content (AvgIpc) is 2.20. The van der Waals surface area contributed by atoms with Gasteiger partial charge in [-0.05, 0) is 40.2 Å². The van der Waals surface area contributed by atoms with Gasteiger partial charge in [-0.25, -0.2) is 10.3 Å². The third kappa shape index (κ3) is 7.53. The van der Waals surface area contributed by atoms with Crippen LogP contribution in [0.2, 0.25) is 0 Å². The van der Waals surface area contributed by atoms with Crippen molar-refractivity contribution >= 4 is 12.0 Å². The van der Waals surface area contributed by atoms with E-state index in [4.69, 9.17) is 15.7 Å². The van der Waals surface area contributed by atoms with Gasteiger partial charge in [0.25, 0.3) is 5.91 Å². The number of nitrogens with two attached hydrogens (primary N) is 1. The summed E-state index contributed by atoms with van der Waals surface area (Å²) in [6.07, 6.45) is 0.179. The molecule has 0 spiro atoms. The fraction of sp³-hybridized carbons (Fsp3) is 0.800. The van der Waals surface area contributed by atoms with Crippen LogP contribution >= 0.6 is 0 Å². The Morgan fingerprint density at radius 1 is 1.41 bits per heavy atom. The van der Waals surface area contributed by atoms with Gasteiger partial charge < -0.3 is 15.8 Å². The quantitative estimate of drug-likeness (QED) is 0.407. The Morgan fingerprint density at radius 2 is 2.00 bits per heavy atom. The highest BCUT2D eigenvalue weighted by molar-refractivity contribution is 5.84. The van der Waals surface area contributed by atoms with E-state index >= 15 is 0 Å². The SMILES string of the molecule is CC(C)(C)OC(=O)N[C@@H](CCCN)C(=O)NO. The Morgan fingerprint density at radius 3 is 2.41 bits per heavy atom. The molecule has 100 valence electrons. The Hall–Kier alpha value is -1.34. The molecule has 0 rings (SSSR count). The van der Waals surface area contributed by atoms with Crippen LogP contribution in [-0.2, 0) is 9.53 Å². The molecule has 7 heteroatoms. The van der Waals surface area contributed by atoms with Crippen molar-refractivity contribution in [3.63, 3.8) is 0 Å². The van der Waals surface area contributed by atoms with Crippen molar-refractivity contribution in [2.24, 2.45) is 5.73 Å². The van der Waals surface area contributed by atoms with E-state index < -0.39 is 23.6 Å². The lowest BCUT2D eigenvalue weighted by atomic mass is 10.1. The first-order valence-corrected chi connectivity index (χ1v) is 5.43. The number of hydrogen-bond acceptors (Lipinski definition) is 5. The molecule has 0 heterocycles. The van der Waals surface area contributed by atoms with Gasteiger partial charge in [0.2, 0.25) is 0 Å². The molecular weight excluding hydrogens is 226 g/mol. The van der Waals surface area contributed by atoms with Gasteiger partial charge in [0.05, 0.1) is 0 Å². The van der Waals surface area contributed by atoms with Crippen molar-refractivity contribution in [2.75, 3.05) is 6.54 Å². The smallest absolute Gasteiger partial charge is 0.408 e. The van der Waals surface area contributed by atoms with Crippen LogP contribution in [0.5, 0.6) is 0 Å².